The molecule has 0 aliphatic heterocycles. The number of nitrogens with zero attached hydrogens (tertiary/aromatic N) is 2. The third kappa shape index (κ3) is 3.38. The number of aromatic nitrogens is 1. The van der Waals surface area contributed by atoms with Crippen LogP contribution in [0.1, 0.15) is 21.5 Å². The second-order valence-corrected chi connectivity index (χ2v) is 4.42. The number of halogens is 1. The standard InChI is InChI=1S/C14H12FN3O3/c1-9-6-11(18(20)21)7-12(13(9)15)14(19)17-8-10-2-4-16-5-3-10/h2-7H,8H2,1H3,(H,17,19). The highest BCUT2D eigenvalue weighted by Crippen LogP contribution is 2.21. The maximum atomic E-state index is 13.9. The van der Waals surface area contributed by atoms with E-state index in [1.807, 2.05) is 0 Å². The van der Waals surface area contributed by atoms with E-state index in [0.29, 0.717) is 0 Å². The van der Waals surface area contributed by atoms with Crippen LogP contribution in [0.5, 0.6) is 0 Å². The van der Waals surface area contributed by atoms with E-state index in [-0.39, 0.29) is 23.4 Å². The molecule has 0 bridgehead atoms. The third-order valence-corrected chi connectivity index (χ3v) is 2.90. The molecule has 0 saturated heterocycles. The number of nitro groups is 1. The van der Waals surface area contributed by atoms with Crippen LogP contribution >= 0.6 is 0 Å². The summed E-state index contributed by atoms with van der Waals surface area (Å²) in [4.78, 5) is 25.9. The summed E-state index contributed by atoms with van der Waals surface area (Å²) >= 11 is 0. The zero-order valence-corrected chi connectivity index (χ0v) is 11.2. The first-order valence-corrected chi connectivity index (χ1v) is 6.10. The summed E-state index contributed by atoms with van der Waals surface area (Å²) in [7, 11) is 0. The highest BCUT2D eigenvalue weighted by atomic mass is 19.1. The maximum Gasteiger partial charge on any atom is 0.270 e. The quantitative estimate of drug-likeness (QED) is 0.691. The van der Waals surface area contributed by atoms with Gasteiger partial charge in [0, 0.05) is 31.1 Å². The number of nitro benzene ring substituents is 1. The van der Waals surface area contributed by atoms with E-state index in [4.69, 9.17) is 0 Å². The number of hydrogen-bond donors (Lipinski definition) is 1. The summed E-state index contributed by atoms with van der Waals surface area (Å²) < 4.78 is 13.9. The molecule has 6 nitrogen and oxygen atoms in total. The number of carbonyl (C=O) groups excluding carboxylic acids is 1. The van der Waals surface area contributed by atoms with E-state index in [1.165, 1.54) is 6.92 Å². The van der Waals surface area contributed by atoms with Gasteiger partial charge in [-0.25, -0.2) is 4.39 Å². The summed E-state index contributed by atoms with van der Waals surface area (Å²) in [5.74, 6) is -1.45. The SMILES string of the molecule is Cc1cc([N+](=O)[O-])cc(C(=O)NCc2ccncc2)c1F. The number of hydrogen-bond acceptors (Lipinski definition) is 4. The van der Waals surface area contributed by atoms with Gasteiger partial charge in [-0.2, -0.15) is 0 Å². The van der Waals surface area contributed by atoms with E-state index in [2.05, 4.69) is 10.3 Å². The molecule has 0 aliphatic carbocycles. The summed E-state index contributed by atoms with van der Waals surface area (Å²) in [5, 5.41) is 13.3. The van der Waals surface area contributed by atoms with Crippen molar-refractivity contribution in [2.75, 3.05) is 0 Å². The Morgan fingerprint density at radius 3 is 2.67 bits per heavy atom. The predicted molar refractivity (Wildman–Crippen MR) is 73.2 cm³/mol. The van der Waals surface area contributed by atoms with Crippen LogP contribution in [0.4, 0.5) is 10.1 Å². The number of carbonyl (C=O) groups is 1. The lowest BCUT2D eigenvalue weighted by molar-refractivity contribution is -0.385. The van der Waals surface area contributed by atoms with E-state index in [9.17, 15) is 19.3 Å². The first kappa shape index (κ1) is 14.6. The normalized spacial score (nSPS) is 10.2. The van der Waals surface area contributed by atoms with Gasteiger partial charge in [0.05, 0.1) is 10.5 Å². The Bertz CT molecular complexity index is 689. The highest BCUT2D eigenvalue weighted by Gasteiger charge is 2.19. The van der Waals surface area contributed by atoms with Crippen molar-refractivity contribution in [3.8, 4) is 0 Å². The molecular formula is C14H12FN3O3. The maximum absolute atomic E-state index is 13.9. The first-order chi connectivity index (χ1) is 9.99. The minimum Gasteiger partial charge on any atom is -0.348 e. The summed E-state index contributed by atoms with van der Waals surface area (Å²) in [6.07, 6.45) is 3.14. The molecule has 1 N–H and O–H groups in total. The van der Waals surface area contributed by atoms with Gasteiger partial charge in [0.2, 0.25) is 0 Å². The molecule has 2 rings (SSSR count). The van der Waals surface area contributed by atoms with Crippen LogP contribution in [0, 0.1) is 22.9 Å². The number of aryl methyl sites for hydroxylation is 1. The van der Waals surface area contributed by atoms with Crippen LogP contribution < -0.4 is 5.32 Å². The van der Waals surface area contributed by atoms with Gasteiger partial charge in [0.25, 0.3) is 11.6 Å². The predicted octanol–water partition coefficient (Wildman–Crippen LogP) is 2.37. The first-order valence-electron chi connectivity index (χ1n) is 6.10. The van der Waals surface area contributed by atoms with Crippen molar-refractivity contribution in [3.05, 3.63) is 69.3 Å². The minimum atomic E-state index is -0.757. The van der Waals surface area contributed by atoms with Crippen molar-refractivity contribution in [1.29, 1.82) is 0 Å². The Morgan fingerprint density at radius 1 is 1.38 bits per heavy atom. The molecule has 1 amide bonds. The third-order valence-electron chi connectivity index (χ3n) is 2.90. The number of amides is 1. The Hall–Kier alpha value is -2.83. The van der Waals surface area contributed by atoms with Gasteiger partial charge in [0.1, 0.15) is 5.82 Å². The zero-order valence-electron chi connectivity index (χ0n) is 11.2. The van der Waals surface area contributed by atoms with Crippen molar-refractivity contribution in [1.82, 2.24) is 10.3 Å². The van der Waals surface area contributed by atoms with Gasteiger partial charge in [-0.05, 0) is 30.2 Å². The Labute approximate surface area is 119 Å². The second-order valence-electron chi connectivity index (χ2n) is 4.42. The molecule has 1 aromatic carbocycles. The fraction of sp³-hybridized carbons (Fsp3) is 0.143. The molecule has 0 radical (unpaired) electrons. The molecule has 0 atom stereocenters. The topological polar surface area (TPSA) is 85.1 Å². The number of nitrogens with one attached hydrogen (secondary N) is 1. The van der Waals surface area contributed by atoms with E-state index in [0.717, 1.165) is 17.7 Å². The molecule has 21 heavy (non-hydrogen) atoms. The van der Waals surface area contributed by atoms with Crippen LogP contribution in [0.3, 0.4) is 0 Å². The van der Waals surface area contributed by atoms with Gasteiger partial charge in [0.15, 0.2) is 0 Å². The Balaban J connectivity index is 2.21. The molecule has 7 heteroatoms. The highest BCUT2D eigenvalue weighted by molar-refractivity contribution is 5.95. The Morgan fingerprint density at radius 2 is 2.05 bits per heavy atom. The van der Waals surface area contributed by atoms with Crippen LogP contribution in [0.15, 0.2) is 36.7 Å². The van der Waals surface area contributed by atoms with Crippen molar-refractivity contribution >= 4 is 11.6 Å². The molecule has 0 spiro atoms. The lowest BCUT2D eigenvalue weighted by atomic mass is 10.1. The molecule has 1 heterocycles. The van der Waals surface area contributed by atoms with Gasteiger partial charge < -0.3 is 5.32 Å². The van der Waals surface area contributed by atoms with E-state index < -0.39 is 16.6 Å². The monoisotopic (exact) mass is 289 g/mol. The van der Waals surface area contributed by atoms with Crippen LogP contribution in [-0.2, 0) is 6.54 Å². The molecule has 108 valence electrons. The number of pyridine rings is 1. The molecular weight excluding hydrogens is 277 g/mol. The van der Waals surface area contributed by atoms with Crippen LogP contribution in [0.25, 0.3) is 0 Å². The smallest absolute Gasteiger partial charge is 0.270 e. The fourth-order valence-electron chi connectivity index (χ4n) is 1.80. The minimum absolute atomic E-state index is 0.0539. The number of rotatable bonds is 4. The van der Waals surface area contributed by atoms with Crippen LogP contribution in [0.2, 0.25) is 0 Å². The Kier molecular flexibility index (Phi) is 4.22. The average molecular weight is 289 g/mol. The zero-order chi connectivity index (χ0) is 15.4. The average Bonchev–Trinajstić information content (AvgIpc) is 2.48. The van der Waals surface area contributed by atoms with Crippen molar-refractivity contribution in [2.24, 2.45) is 0 Å². The molecule has 2 aromatic rings. The van der Waals surface area contributed by atoms with E-state index >= 15 is 0 Å². The second kappa shape index (κ2) is 6.08. The van der Waals surface area contributed by atoms with Crippen molar-refractivity contribution in [2.45, 2.75) is 13.5 Å². The van der Waals surface area contributed by atoms with Gasteiger partial charge in [-0.1, -0.05) is 0 Å². The van der Waals surface area contributed by atoms with Gasteiger partial charge in [-0.15, -0.1) is 0 Å². The molecule has 1 aromatic heterocycles. The summed E-state index contributed by atoms with van der Waals surface area (Å²) in [6, 6.07) is 5.43. The number of benzene rings is 1. The molecule has 0 aliphatic rings. The molecule has 0 fully saturated rings. The fourth-order valence-corrected chi connectivity index (χ4v) is 1.80. The van der Waals surface area contributed by atoms with Crippen LogP contribution in [-0.4, -0.2) is 15.8 Å². The largest absolute Gasteiger partial charge is 0.348 e. The van der Waals surface area contributed by atoms with Crippen molar-refractivity contribution in [3.63, 3.8) is 0 Å². The lowest BCUT2D eigenvalue weighted by Crippen LogP contribution is -2.24. The number of non-ortho nitro benzene ring substituents is 1. The van der Waals surface area contributed by atoms with E-state index in [1.54, 1.807) is 24.5 Å². The summed E-state index contributed by atoms with van der Waals surface area (Å²) in [5.41, 5.74) is 0.192. The molecule has 0 unspecified atom stereocenters. The van der Waals surface area contributed by atoms with Crippen molar-refractivity contribution < 1.29 is 14.1 Å². The lowest BCUT2D eigenvalue weighted by Gasteiger charge is -2.07. The van der Waals surface area contributed by atoms with Gasteiger partial charge in [-0.3, -0.25) is 19.9 Å². The summed E-state index contributed by atoms with van der Waals surface area (Å²) in [6.45, 7) is 1.56. The van der Waals surface area contributed by atoms with Gasteiger partial charge >= 0.3 is 0 Å². The molecule has 0 saturated carbocycles.